The number of rotatable bonds is 5. The van der Waals surface area contributed by atoms with Crippen LogP contribution in [0.1, 0.15) is 35.7 Å². The lowest BCUT2D eigenvalue weighted by atomic mass is 9.89. The van der Waals surface area contributed by atoms with Crippen molar-refractivity contribution >= 4 is 11.9 Å². The average molecular weight is 353 g/mol. The molecule has 26 heavy (non-hydrogen) atoms. The van der Waals surface area contributed by atoms with E-state index in [0.29, 0.717) is 17.9 Å². The second kappa shape index (κ2) is 7.60. The molecule has 1 N–H and O–H groups in total. The van der Waals surface area contributed by atoms with Gasteiger partial charge in [0.05, 0.1) is 17.6 Å². The number of carbonyl (C=O) groups excluding carboxylic acids is 1. The Kier molecular flexibility index (Phi) is 5.26. The molecule has 2 aromatic rings. The molecule has 1 fully saturated rings. The summed E-state index contributed by atoms with van der Waals surface area (Å²) in [4.78, 5) is 26.4. The number of aliphatic carboxylic acids is 1. The van der Waals surface area contributed by atoms with Gasteiger partial charge in [0.1, 0.15) is 5.75 Å². The molecule has 0 saturated carbocycles. The van der Waals surface area contributed by atoms with Crippen LogP contribution < -0.4 is 4.74 Å². The van der Waals surface area contributed by atoms with Gasteiger partial charge in [0.2, 0.25) is 0 Å². The molecule has 1 aliphatic rings. The minimum atomic E-state index is -0.874. The van der Waals surface area contributed by atoms with E-state index in [1.165, 1.54) is 0 Å². The van der Waals surface area contributed by atoms with E-state index in [2.05, 4.69) is 0 Å². The van der Waals surface area contributed by atoms with E-state index in [9.17, 15) is 14.7 Å². The van der Waals surface area contributed by atoms with Crippen molar-refractivity contribution in [2.75, 3.05) is 13.1 Å². The number of nitrogens with zero attached hydrogens (tertiary/aromatic N) is 1. The quantitative estimate of drug-likeness (QED) is 0.894. The number of para-hydroxylation sites is 1. The fourth-order valence-corrected chi connectivity index (χ4v) is 3.43. The van der Waals surface area contributed by atoms with E-state index in [0.717, 1.165) is 5.56 Å². The molecule has 136 valence electrons. The average Bonchev–Trinajstić information content (AvgIpc) is 3.07. The number of amides is 1. The molecule has 0 spiro atoms. The predicted molar refractivity (Wildman–Crippen MR) is 98.4 cm³/mol. The van der Waals surface area contributed by atoms with Crippen molar-refractivity contribution in [3.63, 3.8) is 0 Å². The number of carboxylic acids is 1. The van der Waals surface area contributed by atoms with E-state index < -0.39 is 11.9 Å². The van der Waals surface area contributed by atoms with Crippen LogP contribution in [0.5, 0.6) is 5.75 Å². The highest BCUT2D eigenvalue weighted by Gasteiger charge is 2.41. The van der Waals surface area contributed by atoms with Crippen molar-refractivity contribution in [3.05, 3.63) is 65.7 Å². The van der Waals surface area contributed by atoms with E-state index >= 15 is 0 Å². The first-order valence-corrected chi connectivity index (χ1v) is 8.80. The van der Waals surface area contributed by atoms with E-state index in [1.807, 2.05) is 50.2 Å². The lowest BCUT2D eigenvalue weighted by Crippen LogP contribution is -2.30. The second-order valence-corrected chi connectivity index (χ2v) is 6.83. The monoisotopic (exact) mass is 353 g/mol. The Morgan fingerprint density at radius 2 is 1.69 bits per heavy atom. The molecule has 0 aliphatic carbocycles. The molecule has 1 heterocycles. The molecule has 2 atom stereocenters. The molecule has 1 amide bonds. The van der Waals surface area contributed by atoms with Crippen molar-refractivity contribution in [1.29, 1.82) is 0 Å². The summed E-state index contributed by atoms with van der Waals surface area (Å²) in [6.07, 6.45) is -0.0497. The van der Waals surface area contributed by atoms with Crippen LogP contribution in [0.3, 0.4) is 0 Å². The molecular formula is C21H23NO4. The van der Waals surface area contributed by atoms with Gasteiger partial charge in [-0.25, -0.2) is 0 Å². The maximum absolute atomic E-state index is 13.0. The van der Waals surface area contributed by atoms with E-state index in [1.54, 1.807) is 23.1 Å². The molecular weight excluding hydrogens is 330 g/mol. The second-order valence-electron chi connectivity index (χ2n) is 6.83. The molecule has 3 rings (SSSR count). The first-order chi connectivity index (χ1) is 12.5. The Morgan fingerprint density at radius 3 is 2.35 bits per heavy atom. The third kappa shape index (κ3) is 3.72. The number of benzene rings is 2. The molecule has 0 aromatic heterocycles. The summed E-state index contributed by atoms with van der Waals surface area (Å²) in [5.41, 5.74) is 1.42. The summed E-state index contributed by atoms with van der Waals surface area (Å²) < 4.78 is 5.75. The van der Waals surface area contributed by atoms with E-state index in [4.69, 9.17) is 4.74 Å². The minimum absolute atomic E-state index is 0.0497. The highest BCUT2D eigenvalue weighted by Crippen LogP contribution is 2.34. The standard InChI is InChI=1S/C21H23NO4/c1-14(2)26-19-11-7-6-10-16(19)20(23)22-12-17(18(13-22)21(24)25)15-8-4-3-5-9-15/h3-11,14,17-18H,12-13H2,1-2H3,(H,24,25)/t17-,18-/m0/s1. The maximum Gasteiger partial charge on any atom is 0.308 e. The fraction of sp³-hybridized carbons (Fsp3) is 0.333. The number of carboxylic acid groups (broad SMARTS) is 1. The molecule has 2 aromatic carbocycles. The lowest BCUT2D eigenvalue weighted by molar-refractivity contribution is -0.141. The fourth-order valence-electron chi connectivity index (χ4n) is 3.43. The molecule has 5 nitrogen and oxygen atoms in total. The van der Waals surface area contributed by atoms with Crippen LogP contribution in [-0.2, 0) is 4.79 Å². The third-order valence-corrected chi connectivity index (χ3v) is 4.63. The van der Waals surface area contributed by atoms with Crippen LogP contribution in [0.2, 0.25) is 0 Å². The van der Waals surface area contributed by atoms with Gasteiger partial charge in [-0.1, -0.05) is 42.5 Å². The zero-order valence-corrected chi connectivity index (χ0v) is 15.0. The normalized spacial score (nSPS) is 19.6. The van der Waals surface area contributed by atoms with Crippen LogP contribution >= 0.6 is 0 Å². The topological polar surface area (TPSA) is 66.8 Å². The zero-order valence-electron chi connectivity index (χ0n) is 15.0. The van der Waals surface area contributed by atoms with Crippen molar-refractivity contribution < 1.29 is 19.4 Å². The van der Waals surface area contributed by atoms with Gasteiger partial charge in [0, 0.05) is 19.0 Å². The van der Waals surface area contributed by atoms with Gasteiger partial charge in [0.15, 0.2) is 0 Å². The van der Waals surface area contributed by atoms with Gasteiger partial charge >= 0.3 is 5.97 Å². The Balaban J connectivity index is 1.86. The van der Waals surface area contributed by atoms with Crippen LogP contribution in [0.15, 0.2) is 54.6 Å². The summed E-state index contributed by atoms with van der Waals surface area (Å²) >= 11 is 0. The Hall–Kier alpha value is -2.82. The molecule has 5 heteroatoms. The Labute approximate surface area is 153 Å². The van der Waals surface area contributed by atoms with Crippen molar-refractivity contribution in [2.24, 2.45) is 5.92 Å². The molecule has 0 unspecified atom stereocenters. The summed E-state index contributed by atoms with van der Waals surface area (Å²) in [7, 11) is 0. The van der Waals surface area contributed by atoms with Gasteiger partial charge in [-0.2, -0.15) is 0 Å². The highest BCUT2D eigenvalue weighted by atomic mass is 16.5. The van der Waals surface area contributed by atoms with Gasteiger partial charge < -0.3 is 14.7 Å². The van der Waals surface area contributed by atoms with Crippen LogP contribution in [0.4, 0.5) is 0 Å². The first-order valence-electron chi connectivity index (χ1n) is 8.80. The molecule has 0 radical (unpaired) electrons. The Morgan fingerprint density at radius 1 is 1.04 bits per heavy atom. The van der Waals surface area contributed by atoms with Crippen molar-refractivity contribution in [2.45, 2.75) is 25.9 Å². The summed E-state index contributed by atoms with van der Waals surface area (Å²) in [6.45, 7) is 4.39. The van der Waals surface area contributed by atoms with Crippen LogP contribution in [-0.4, -0.2) is 41.1 Å². The van der Waals surface area contributed by atoms with Gasteiger partial charge in [-0.3, -0.25) is 9.59 Å². The number of likely N-dealkylation sites (tertiary alicyclic amines) is 1. The molecule has 0 bridgehead atoms. The lowest BCUT2D eigenvalue weighted by Gasteiger charge is -2.19. The first kappa shape index (κ1) is 18.0. The minimum Gasteiger partial charge on any atom is -0.490 e. The largest absolute Gasteiger partial charge is 0.490 e. The number of hydrogen-bond donors (Lipinski definition) is 1. The number of ether oxygens (including phenoxy) is 1. The predicted octanol–water partition coefficient (Wildman–Crippen LogP) is 3.41. The van der Waals surface area contributed by atoms with E-state index in [-0.39, 0.29) is 24.5 Å². The van der Waals surface area contributed by atoms with Crippen molar-refractivity contribution in [1.82, 2.24) is 4.90 Å². The zero-order chi connectivity index (χ0) is 18.7. The summed E-state index contributed by atoms with van der Waals surface area (Å²) in [5.74, 6) is -1.36. The number of carbonyl (C=O) groups is 2. The third-order valence-electron chi connectivity index (χ3n) is 4.63. The smallest absolute Gasteiger partial charge is 0.308 e. The SMILES string of the molecule is CC(C)Oc1ccccc1C(=O)N1C[C@H](C(=O)O)[C@H](c2ccccc2)C1. The summed E-state index contributed by atoms with van der Waals surface area (Å²) in [5, 5.41) is 9.63. The highest BCUT2D eigenvalue weighted by molar-refractivity contribution is 5.97. The molecule has 1 aliphatic heterocycles. The molecule has 1 saturated heterocycles. The van der Waals surface area contributed by atoms with Crippen LogP contribution in [0.25, 0.3) is 0 Å². The maximum atomic E-state index is 13.0. The summed E-state index contributed by atoms with van der Waals surface area (Å²) in [6, 6.07) is 16.6. The van der Waals surface area contributed by atoms with Crippen LogP contribution in [0, 0.1) is 5.92 Å². The van der Waals surface area contributed by atoms with Gasteiger partial charge in [-0.05, 0) is 31.5 Å². The van der Waals surface area contributed by atoms with Gasteiger partial charge in [-0.15, -0.1) is 0 Å². The number of hydrogen-bond acceptors (Lipinski definition) is 3. The Bertz CT molecular complexity index is 788. The van der Waals surface area contributed by atoms with Gasteiger partial charge in [0.25, 0.3) is 5.91 Å². The van der Waals surface area contributed by atoms with Crippen molar-refractivity contribution in [3.8, 4) is 5.75 Å².